The third-order valence-corrected chi connectivity index (χ3v) is 8.30. The molecular formula is C32H34N4O6S. The van der Waals surface area contributed by atoms with Crippen LogP contribution in [0.4, 0.5) is 10.8 Å². The van der Waals surface area contributed by atoms with E-state index in [0.717, 1.165) is 26.9 Å². The number of fused-ring (bicyclic) bond motifs is 4. The second kappa shape index (κ2) is 13.1. The molecule has 0 saturated heterocycles. The Balaban J connectivity index is 1.39. The van der Waals surface area contributed by atoms with Crippen LogP contribution in [0.2, 0.25) is 0 Å². The Hall–Kier alpha value is -4.64. The van der Waals surface area contributed by atoms with Crippen molar-refractivity contribution < 1.29 is 23.8 Å². The zero-order valence-corrected chi connectivity index (χ0v) is 25.4. The van der Waals surface area contributed by atoms with Crippen molar-refractivity contribution >= 4 is 44.2 Å². The summed E-state index contributed by atoms with van der Waals surface area (Å²) in [5, 5.41) is 9.63. The van der Waals surface area contributed by atoms with E-state index >= 15 is 0 Å². The van der Waals surface area contributed by atoms with E-state index in [1.54, 1.807) is 33.5 Å². The van der Waals surface area contributed by atoms with Gasteiger partial charge in [-0.15, -0.1) is 0 Å². The van der Waals surface area contributed by atoms with Crippen LogP contribution in [-0.2, 0) is 16.0 Å². The molecule has 224 valence electrons. The van der Waals surface area contributed by atoms with E-state index in [4.69, 9.17) is 14.2 Å². The van der Waals surface area contributed by atoms with Gasteiger partial charge < -0.3 is 30.2 Å². The van der Waals surface area contributed by atoms with Crippen LogP contribution >= 0.6 is 11.3 Å². The lowest BCUT2D eigenvalue weighted by Crippen LogP contribution is -2.26. The van der Waals surface area contributed by atoms with Gasteiger partial charge in [0, 0.05) is 25.5 Å². The van der Waals surface area contributed by atoms with Crippen LogP contribution in [0.3, 0.4) is 0 Å². The number of ether oxygens (including phenoxy) is 3. The van der Waals surface area contributed by atoms with E-state index < -0.39 is 0 Å². The van der Waals surface area contributed by atoms with Crippen molar-refractivity contribution in [1.82, 2.24) is 10.3 Å². The van der Waals surface area contributed by atoms with Gasteiger partial charge in [-0.05, 0) is 66.3 Å². The highest BCUT2D eigenvalue weighted by atomic mass is 32.1. The van der Waals surface area contributed by atoms with E-state index in [9.17, 15) is 14.4 Å². The molecule has 3 N–H and O–H groups in total. The van der Waals surface area contributed by atoms with E-state index in [1.807, 2.05) is 36.4 Å². The number of amides is 2. The summed E-state index contributed by atoms with van der Waals surface area (Å²) < 4.78 is 18.1. The summed E-state index contributed by atoms with van der Waals surface area (Å²) in [6, 6.07) is 14.4. The lowest BCUT2D eigenvalue weighted by Gasteiger charge is -2.19. The second-order valence-corrected chi connectivity index (χ2v) is 11.2. The van der Waals surface area contributed by atoms with Crippen LogP contribution in [0.25, 0.3) is 21.3 Å². The van der Waals surface area contributed by atoms with E-state index in [-0.39, 0.29) is 29.7 Å². The summed E-state index contributed by atoms with van der Waals surface area (Å²) >= 11 is 1.43. The highest BCUT2D eigenvalue weighted by Gasteiger charge is 2.29. The summed E-state index contributed by atoms with van der Waals surface area (Å²) in [6.45, 7) is 1.88. The standard InChI is InChI=1S/C32H34N4O6S/c1-18(37)34-22-13-11-19-16-26(40-2)30(41-3)31(42-4)29(19)20-12-14-23(25(38)17-21(20)22)33-15-7-10-28(39)36-32-35-24-8-5-6-9-27(24)43-32/h5-6,8-9,12,14,16-17,22H,7,10-11,13,15H2,1-4H3,(H,33,38)(H,34,37)(H,35,36,39)/t22-/m0/s1. The second-order valence-electron chi connectivity index (χ2n) is 10.2. The third kappa shape index (κ3) is 6.41. The molecule has 2 amide bonds. The van der Waals surface area contributed by atoms with Crippen molar-refractivity contribution in [2.75, 3.05) is 38.5 Å². The van der Waals surface area contributed by atoms with Crippen LogP contribution in [0.1, 0.15) is 43.4 Å². The lowest BCUT2D eigenvalue weighted by molar-refractivity contribution is -0.119. The first kappa shape index (κ1) is 29.8. The molecule has 0 fully saturated rings. The molecule has 0 saturated carbocycles. The Morgan fingerprint density at radius 1 is 1.02 bits per heavy atom. The number of nitrogens with zero attached hydrogens (tertiary/aromatic N) is 1. The van der Waals surface area contributed by atoms with Crippen molar-refractivity contribution in [2.45, 2.75) is 38.6 Å². The molecule has 3 aromatic carbocycles. The van der Waals surface area contributed by atoms with Gasteiger partial charge in [0.2, 0.25) is 23.0 Å². The molecule has 0 unspecified atom stereocenters. The minimum Gasteiger partial charge on any atom is -0.493 e. The molecule has 0 aliphatic heterocycles. The van der Waals surface area contributed by atoms with Gasteiger partial charge in [0.15, 0.2) is 16.6 Å². The number of benzene rings is 2. The van der Waals surface area contributed by atoms with Crippen LogP contribution in [-0.4, -0.2) is 44.7 Å². The molecular weight excluding hydrogens is 568 g/mol. The number of aryl methyl sites for hydroxylation is 1. The smallest absolute Gasteiger partial charge is 0.226 e. The number of hydrogen-bond donors (Lipinski definition) is 3. The number of nitrogens with one attached hydrogen (secondary N) is 3. The topological polar surface area (TPSA) is 128 Å². The average Bonchev–Trinajstić information content (AvgIpc) is 3.26. The summed E-state index contributed by atoms with van der Waals surface area (Å²) in [4.78, 5) is 42.6. The minimum absolute atomic E-state index is 0.139. The fourth-order valence-electron chi connectivity index (χ4n) is 5.43. The maximum absolute atomic E-state index is 13.4. The van der Waals surface area contributed by atoms with Crippen molar-refractivity contribution in [3.63, 3.8) is 0 Å². The fraction of sp³-hybridized carbons (Fsp3) is 0.312. The number of hydrogen-bond acceptors (Lipinski definition) is 9. The molecule has 1 aliphatic carbocycles. The first-order chi connectivity index (χ1) is 20.8. The van der Waals surface area contributed by atoms with E-state index in [0.29, 0.717) is 59.4 Å². The molecule has 0 radical (unpaired) electrons. The van der Waals surface area contributed by atoms with Crippen molar-refractivity contribution in [3.05, 3.63) is 69.9 Å². The maximum atomic E-state index is 13.4. The SMILES string of the molecule is COc1cc2c(c(OC)c1OC)-c1ccc(NCCCC(=O)Nc3nc4ccccc4s3)c(=O)cc1[C@@H](NC(C)=O)CC2. The predicted octanol–water partition coefficient (Wildman–Crippen LogP) is 5.30. The summed E-state index contributed by atoms with van der Waals surface area (Å²) in [5.41, 5.74) is 4.20. The van der Waals surface area contributed by atoms with Gasteiger partial charge in [0.05, 0.1) is 43.3 Å². The largest absolute Gasteiger partial charge is 0.493 e. The molecule has 0 bridgehead atoms. The number of thiazole rings is 1. The number of carbonyl (C=O) groups excluding carboxylic acids is 2. The van der Waals surface area contributed by atoms with Gasteiger partial charge >= 0.3 is 0 Å². The Bertz CT molecular complexity index is 1700. The monoisotopic (exact) mass is 602 g/mol. The molecule has 11 heteroatoms. The first-order valence-corrected chi connectivity index (χ1v) is 14.8. The van der Waals surface area contributed by atoms with Gasteiger partial charge in [-0.2, -0.15) is 0 Å². The minimum atomic E-state index is -0.388. The first-order valence-electron chi connectivity index (χ1n) is 14.0. The number of aromatic nitrogens is 1. The predicted molar refractivity (Wildman–Crippen MR) is 169 cm³/mol. The van der Waals surface area contributed by atoms with Crippen LogP contribution in [0.5, 0.6) is 17.2 Å². The van der Waals surface area contributed by atoms with Crippen molar-refractivity contribution in [3.8, 4) is 28.4 Å². The molecule has 0 spiro atoms. The highest BCUT2D eigenvalue weighted by Crippen LogP contribution is 2.50. The van der Waals surface area contributed by atoms with E-state index in [2.05, 4.69) is 20.9 Å². The van der Waals surface area contributed by atoms with E-state index in [1.165, 1.54) is 18.3 Å². The van der Waals surface area contributed by atoms with Crippen LogP contribution in [0, 0.1) is 0 Å². The number of anilines is 2. The van der Waals surface area contributed by atoms with Crippen molar-refractivity contribution in [2.24, 2.45) is 0 Å². The molecule has 1 aliphatic rings. The molecule has 4 aromatic rings. The number of rotatable bonds is 10. The molecule has 1 heterocycles. The van der Waals surface area contributed by atoms with Crippen molar-refractivity contribution in [1.29, 1.82) is 0 Å². The number of para-hydroxylation sites is 1. The summed E-state index contributed by atoms with van der Waals surface area (Å²) in [5.74, 6) is 1.15. The fourth-order valence-corrected chi connectivity index (χ4v) is 6.32. The Morgan fingerprint density at radius 3 is 2.53 bits per heavy atom. The summed E-state index contributed by atoms with van der Waals surface area (Å²) in [7, 11) is 4.68. The maximum Gasteiger partial charge on any atom is 0.226 e. The van der Waals surface area contributed by atoms with Crippen LogP contribution < -0.4 is 35.6 Å². The zero-order chi connectivity index (χ0) is 30.5. The van der Waals surface area contributed by atoms with Gasteiger partial charge in [-0.25, -0.2) is 4.98 Å². The summed E-state index contributed by atoms with van der Waals surface area (Å²) in [6.07, 6.45) is 1.97. The Labute approximate surface area is 253 Å². The molecule has 1 atom stereocenters. The molecule has 5 rings (SSSR count). The molecule has 1 aromatic heterocycles. The normalized spacial score (nSPS) is 13.7. The van der Waals surface area contributed by atoms with Gasteiger partial charge in [0.25, 0.3) is 0 Å². The highest BCUT2D eigenvalue weighted by molar-refractivity contribution is 7.22. The van der Waals surface area contributed by atoms with Crippen LogP contribution in [0.15, 0.2) is 53.3 Å². The zero-order valence-electron chi connectivity index (χ0n) is 24.5. The number of carbonyl (C=O) groups is 2. The lowest BCUT2D eigenvalue weighted by atomic mass is 9.95. The number of methoxy groups -OCH3 is 3. The average molecular weight is 603 g/mol. The Kier molecular flexibility index (Phi) is 9.10. The van der Waals surface area contributed by atoms with Gasteiger partial charge in [0.1, 0.15) is 0 Å². The van der Waals surface area contributed by atoms with Gasteiger partial charge in [-0.1, -0.05) is 29.5 Å². The molecule has 10 nitrogen and oxygen atoms in total. The quantitative estimate of drug-likeness (QED) is 0.209. The molecule has 43 heavy (non-hydrogen) atoms. The van der Waals surface area contributed by atoms with Gasteiger partial charge in [-0.3, -0.25) is 14.4 Å². The Morgan fingerprint density at radius 2 is 1.81 bits per heavy atom. The third-order valence-electron chi connectivity index (χ3n) is 7.35.